The molecule has 1 aliphatic rings. The van der Waals surface area contributed by atoms with Crippen molar-refractivity contribution < 1.29 is 4.79 Å². The van der Waals surface area contributed by atoms with Crippen molar-refractivity contribution in [3.05, 3.63) is 48.0 Å². The molecule has 1 aliphatic heterocycles. The number of piperidine rings is 1. The molecule has 2 N–H and O–H groups in total. The van der Waals surface area contributed by atoms with Crippen LogP contribution in [0.4, 0.5) is 0 Å². The molecule has 1 saturated heterocycles. The predicted molar refractivity (Wildman–Crippen MR) is 87.6 cm³/mol. The van der Waals surface area contributed by atoms with Crippen molar-refractivity contribution in [1.82, 2.24) is 25.4 Å². The van der Waals surface area contributed by atoms with E-state index in [2.05, 4.69) is 51.9 Å². The average molecular weight is 313 g/mol. The summed E-state index contributed by atoms with van der Waals surface area (Å²) in [4.78, 5) is 16.2. The van der Waals surface area contributed by atoms with Crippen molar-refractivity contribution in [2.75, 3.05) is 6.54 Å². The van der Waals surface area contributed by atoms with E-state index in [1.165, 1.54) is 6.33 Å². The third kappa shape index (κ3) is 4.39. The van der Waals surface area contributed by atoms with Gasteiger partial charge in [0.1, 0.15) is 12.7 Å². The van der Waals surface area contributed by atoms with E-state index in [0.717, 1.165) is 30.5 Å². The number of hydrogen-bond donors (Lipinski definition) is 2. The molecule has 2 aromatic rings. The molecule has 0 saturated carbocycles. The summed E-state index contributed by atoms with van der Waals surface area (Å²) in [5.74, 6) is 0.308. The van der Waals surface area contributed by atoms with Gasteiger partial charge in [-0.15, -0.1) is 0 Å². The summed E-state index contributed by atoms with van der Waals surface area (Å²) in [6.45, 7) is 4.35. The van der Waals surface area contributed by atoms with Gasteiger partial charge in [-0.2, -0.15) is 5.10 Å². The van der Waals surface area contributed by atoms with Crippen LogP contribution in [0.15, 0.2) is 36.9 Å². The van der Waals surface area contributed by atoms with Gasteiger partial charge in [0.25, 0.3) is 0 Å². The molecule has 0 bridgehead atoms. The van der Waals surface area contributed by atoms with Crippen LogP contribution < -0.4 is 10.6 Å². The molecule has 3 rings (SSSR count). The average Bonchev–Trinajstić information content (AvgIpc) is 3.07. The van der Waals surface area contributed by atoms with Crippen molar-refractivity contribution in [2.45, 2.75) is 38.9 Å². The maximum absolute atomic E-state index is 12.2. The Balaban J connectivity index is 1.49. The molecular weight excluding hydrogens is 290 g/mol. The van der Waals surface area contributed by atoms with E-state index in [0.29, 0.717) is 19.1 Å². The number of rotatable bonds is 5. The second kappa shape index (κ2) is 7.37. The fourth-order valence-corrected chi connectivity index (χ4v) is 2.97. The molecule has 0 spiro atoms. The third-order valence-corrected chi connectivity index (χ3v) is 4.30. The number of aromatic nitrogens is 3. The van der Waals surface area contributed by atoms with Crippen LogP contribution in [0.5, 0.6) is 0 Å². The number of carbonyl (C=O) groups is 1. The minimum Gasteiger partial charge on any atom is -0.352 e. The Kier molecular flexibility index (Phi) is 5.02. The Labute approximate surface area is 136 Å². The van der Waals surface area contributed by atoms with Crippen LogP contribution in [0.3, 0.4) is 0 Å². The van der Waals surface area contributed by atoms with Gasteiger partial charge in [0.2, 0.25) is 5.91 Å². The van der Waals surface area contributed by atoms with Gasteiger partial charge in [-0.1, -0.05) is 24.3 Å². The minimum atomic E-state index is 0.137. The molecule has 1 fully saturated rings. The van der Waals surface area contributed by atoms with Gasteiger partial charge >= 0.3 is 0 Å². The molecule has 0 aliphatic carbocycles. The molecule has 23 heavy (non-hydrogen) atoms. The van der Waals surface area contributed by atoms with Crippen molar-refractivity contribution in [2.24, 2.45) is 5.92 Å². The summed E-state index contributed by atoms with van der Waals surface area (Å²) < 4.78 is 1.79. The Bertz CT molecular complexity index is 623. The van der Waals surface area contributed by atoms with Gasteiger partial charge in [0, 0.05) is 18.5 Å². The molecular formula is C17H23N5O. The van der Waals surface area contributed by atoms with E-state index in [1.54, 1.807) is 11.0 Å². The molecule has 6 heteroatoms. The molecule has 1 aromatic carbocycles. The Morgan fingerprint density at radius 3 is 2.83 bits per heavy atom. The molecule has 0 radical (unpaired) electrons. The normalized spacial score (nSPS) is 21.1. The van der Waals surface area contributed by atoms with Crippen LogP contribution in [-0.4, -0.2) is 33.3 Å². The number of carbonyl (C=O) groups excluding carboxylic acids is 1. The first-order valence-corrected chi connectivity index (χ1v) is 8.12. The van der Waals surface area contributed by atoms with E-state index in [9.17, 15) is 4.79 Å². The summed E-state index contributed by atoms with van der Waals surface area (Å²) in [6.07, 6.45) is 5.08. The maximum Gasteiger partial charge on any atom is 0.223 e. The van der Waals surface area contributed by atoms with Crippen LogP contribution in [0.25, 0.3) is 0 Å². The van der Waals surface area contributed by atoms with E-state index < -0.39 is 0 Å². The molecule has 6 nitrogen and oxygen atoms in total. The minimum absolute atomic E-state index is 0.137. The van der Waals surface area contributed by atoms with Crippen LogP contribution in [0.2, 0.25) is 0 Å². The highest BCUT2D eigenvalue weighted by Crippen LogP contribution is 2.16. The fourth-order valence-electron chi connectivity index (χ4n) is 2.97. The molecule has 1 amide bonds. The first-order chi connectivity index (χ1) is 11.2. The first-order valence-electron chi connectivity index (χ1n) is 8.12. The van der Waals surface area contributed by atoms with Crippen LogP contribution >= 0.6 is 0 Å². The van der Waals surface area contributed by atoms with Crippen molar-refractivity contribution in [3.8, 4) is 0 Å². The SMILES string of the molecule is C[C@H]1C[C@@H](C(=O)NCc2ccc(Cn3cncn3)cc2)CCN1. The standard InChI is InChI=1S/C17H23N5O/c1-13-8-16(6-7-19-13)17(23)20-9-14-2-4-15(5-3-14)10-22-12-18-11-21-22/h2-5,11-13,16,19H,6-10H2,1H3,(H,20,23)/t13-,16-/m0/s1. The lowest BCUT2D eigenvalue weighted by molar-refractivity contribution is -0.126. The van der Waals surface area contributed by atoms with E-state index in [4.69, 9.17) is 0 Å². The van der Waals surface area contributed by atoms with E-state index >= 15 is 0 Å². The van der Waals surface area contributed by atoms with E-state index in [-0.39, 0.29) is 11.8 Å². The smallest absolute Gasteiger partial charge is 0.223 e. The topological polar surface area (TPSA) is 71.8 Å². The van der Waals surface area contributed by atoms with E-state index in [1.807, 2.05) is 0 Å². The second-order valence-electron chi connectivity index (χ2n) is 6.20. The molecule has 1 aromatic heterocycles. The van der Waals surface area contributed by atoms with Crippen LogP contribution in [-0.2, 0) is 17.9 Å². The molecule has 0 unspecified atom stereocenters. The van der Waals surface area contributed by atoms with Gasteiger partial charge in [-0.25, -0.2) is 9.67 Å². The zero-order valence-corrected chi connectivity index (χ0v) is 13.4. The summed E-state index contributed by atoms with van der Waals surface area (Å²) >= 11 is 0. The first kappa shape index (κ1) is 15.7. The quantitative estimate of drug-likeness (QED) is 0.873. The highest BCUT2D eigenvalue weighted by molar-refractivity contribution is 5.78. The Hall–Kier alpha value is -2.21. The van der Waals surface area contributed by atoms with Crippen molar-refractivity contribution in [1.29, 1.82) is 0 Å². The van der Waals surface area contributed by atoms with Crippen LogP contribution in [0.1, 0.15) is 30.9 Å². The second-order valence-corrected chi connectivity index (χ2v) is 6.20. The van der Waals surface area contributed by atoms with Gasteiger partial charge in [0.15, 0.2) is 0 Å². The number of nitrogens with zero attached hydrogens (tertiary/aromatic N) is 3. The van der Waals surface area contributed by atoms with Gasteiger partial charge in [-0.05, 0) is 37.4 Å². The van der Waals surface area contributed by atoms with Gasteiger partial charge in [-0.3, -0.25) is 4.79 Å². The Morgan fingerprint density at radius 1 is 1.35 bits per heavy atom. The van der Waals surface area contributed by atoms with Gasteiger partial charge < -0.3 is 10.6 Å². The largest absolute Gasteiger partial charge is 0.352 e. The third-order valence-electron chi connectivity index (χ3n) is 4.30. The number of benzene rings is 1. The Morgan fingerprint density at radius 2 is 2.13 bits per heavy atom. The summed E-state index contributed by atoms with van der Waals surface area (Å²) in [6, 6.07) is 8.66. The van der Waals surface area contributed by atoms with Crippen LogP contribution in [0, 0.1) is 5.92 Å². The lowest BCUT2D eigenvalue weighted by Gasteiger charge is -2.27. The monoisotopic (exact) mass is 313 g/mol. The maximum atomic E-state index is 12.2. The van der Waals surface area contributed by atoms with Crippen molar-refractivity contribution >= 4 is 5.91 Å². The summed E-state index contributed by atoms with van der Waals surface area (Å²) in [5, 5.41) is 10.5. The summed E-state index contributed by atoms with van der Waals surface area (Å²) in [7, 11) is 0. The number of amides is 1. The highest BCUT2D eigenvalue weighted by atomic mass is 16.1. The molecule has 2 atom stereocenters. The van der Waals surface area contributed by atoms with Gasteiger partial charge in [0.05, 0.1) is 6.54 Å². The fraction of sp³-hybridized carbons (Fsp3) is 0.471. The zero-order chi connectivity index (χ0) is 16.1. The predicted octanol–water partition coefficient (Wildman–Crippen LogP) is 1.33. The number of hydrogen-bond acceptors (Lipinski definition) is 4. The lowest BCUT2D eigenvalue weighted by Crippen LogP contribution is -2.42. The number of nitrogens with one attached hydrogen (secondary N) is 2. The molecule has 122 valence electrons. The highest BCUT2D eigenvalue weighted by Gasteiger charge is 2.24. The summed E-state index contributed by atoms with van der Waals surface area (Å²) in [5.41, 5.74) is 2.28. The molecule has 2 heterocycles. The zero-order valence-electron chi connectivity index (χ0n) is 13.4. The lowest BCUT2D eigenvalue weighted by atomic mass is 9.92. The van der Waals surface area contributed by atoms with Crippen molar-refractivity contribution in [3.63, 3.8) is 0 Å².